The lowest BCUT2D eigenvalue weighted by Gasteiger charge is -2.05. The number of ether oxygens (including phenoxy) is 1. The molecule has 1 heterocycles. The van der Waals surface area contributed by atoms with E-state index < -0.39 is 5.82 Å². The molecule has 116 valence electrons. The van der Waals surface area contributed by atoms with Gasteiger partial charge >= 0.3 is 0 Å². The van der Waals surface area contributed by atoms with Crippen LogP contribution in [0.5, 0.6) is 5.75 Å². The third kappa shape index (κ3) is 2.99. The molecule has 4 nitrogen and oxygen atoms in total. The van der Waals surface area contributed by atoms with Crippen LogP contribution in [0.2, 0.25) is 0 Å². The van der Waals surface area contributed by atoms with Gasteiger partial charge in [-0.05, 0) is 37.3 Å². The van der Waals surface area contributed by atoms with Gasteiger partial charge in [0.25, 0.3) is 5.91 Å². The van der Waals surface area contributed by atoms with Crippen LogP contribution in [0.25, 0.3) is 6.08 Å². The minimum absolute atomic E-state index is 0.214. The topological polar surface area (TPSA) is 50.7 Å². The molecule has 0 unspecified atom stereocenters. The van der Waals surface area contributed by atoms with Gasteiger partial charge in [0, 0.05) is 5.56 Å². The second kappa shape index (κ2) is 6.04. The Labute approximate surface area is 133 Å². The molecular weight excluding hydrogens is 295 g/mol. The summed E-state index contributed by atoms with van der Waals surface area (Å²) < 4.78 is 19.1. The zero-order valence-electron chi connectivity index (χ0n) is 12.8. The smallest absolute Gasteiger partial charge is 0.275 e. The summed E-state index contributed by atoms with van der Waals surface area (Å²) in [7, 11) is 1.56. The number of carbonyl (C=O) groups is 1. The van der Waals surface area contributed by atoms with E-state index in [1.165, 1.54) is 6.07 Å². The maximum atomic E-state index is 13.8. The minimum Gasteiger partial charge on any atom is -0.496 e. The third-order valence-corrected chi connectivity index (χ3v) is 3.50. The number of aryl methyl sites for hydroxylation is 1. The molecule has 2 aromatic rings. The Morgan fingerprint density at radius 3 is 2.74 bits per heavy atom. The standard InChI is InChI=1S/C18H15FN2O2/c1-11-7-8-16(23-2)12(9-11)10-15-18(22)21-17(20-15)13-5-3-4-6-14(13)19/h3-10H,1-2H3,(H,20,21,22)/b15-10+. The van der Waals surface area contributed by atoms with E-state index in [4.69, 9.17) is 4.74 Å². The summed E-state index contributed by atoms with van der Waals surface area (Å²) in [5, 5.41) is 2.60. The molecule has 0 aromatic heterocycles. The first-order valence-corrected chi connectivity index (χ1v) is 7.10. The zero-order chi connectivity index (χ0) is 16.4. The highest BCUT2D eigenvalue weighted by molar-refractivity contribution is 6.19. The lowest BCUT2D eigenvalue weighted by molar-refractivity contribution is -0.115. The normalized spacial score (nSPS) is 15.5. The van der Waals surface area contributed by atoms with Crippen molar-refractivity contribution in [3.05, 3.63) is 70.7 Å². The third-order valence-electron chi connectivity index (χ3n) is 3.50. The van der Waals surface area contributed by atoms with Gasteiger partial charge in [-0.25, -0.2) is 9.38 Å². The van der Waals surface area contributed by atoms with Crippen LogP contribution in [0.1, 0.15) is 16.7 Å². The van der Waals surface area contributed by atoms with Gasteiger partial charge in [-0.15, -0.1) is 0 Å². The van der Waals surface area contributed by atoms with Crippen LogP contribution >= 0.6 is 0 Å². The van der Waals surface area contributed by atoms with E-state index in [9.17, 15) is 9.18 Å². The van der Waals surface area contributed by atoms with Gasteiger partial charge in [-0.1, -0.05) is 23.8 Å². The summed E-state index contributed by atoms with van der Waals surface area (Å²) >= 11 is 0. The quantitative estimate of drug-likeness (QED) is 0.886. The number of methoxy groups -OCH3 is 1. The van der Waals surface area contributed by atoms with E-state index in [1.54, 1.807) is 31.4 Å². The SMILES string of the molecule is COc1ccc(C)cc1/C=C1/N=C(c2ccccc2F)NC1=O. The van der Waals surface area contributed by atoms with Crippen LogP contribution in [-0.4, -0.2) is 18.9 Å². The molecule has 2 aromatic carbocycles. The van der Waals surface area contributed by atoms with Crippen LogP contribution in [0.4, 0.5) is 4.39 Å². The van der Waals surface area contributed by atoms with Gasteiger partial charge in [0.2, 0.25) is 0 Å². The fraction of sp³-hybridized carbons (Fsp3) is 0.111. The minimum atomic E-state index is -0.430. The number of aliphatic imine (C=N–C) groups is 1. The van der Waals surface area contributed by atoms with Crippen molar-refractivity contribution >= 4 is 17.8 Å². The largest absolute Gasteiger partial charge is 0.496 e. The molecule has 5 heteroatoms. The number of carbonyl (C=O) groups excluding carboxylic acids is 1. The van der Waals surface area contributed by atoms with Crippen LogP contribution < -0.4 is 10.1 Å². The van der Waals surface area contributed by atoms with Crippen LogP contribution in [-0.2, 0) is 4.79 Å². The second-order valence-electron chi connectivity index (χ2n) is 5.17. The molecule has 0 aliphatic carbocycles. The molecule has 1 aliphatic heterocycles. The molecule has 0 atom stereocenters. The van der Waals surface area contributed by atoms with E-state index in [2.05, 4.69) is 10.3 Å². The Balaban J connectivity index is 2.02. The molecular formula is C18H15FN2O2. The van der Waals surface area contributed by atoms with Crippen molar-refractivity contribution in [2.75, 3.05) is 7.11 Å². The highest BCUT2D eigenvalue weighted by Crippen LogP contribution is 2.24. The number of nitrogens with one attached hydrogen (secondary N) is 1. The Bertz CT molecular complexity index is 841. The van der Waals surface area contributed by atoms with Gasteiger partial charge in [0.1, 0.15) is 23.1 Å². The fourth-order valence-electron chi connectivity index (χ4n) is 2.36. The predicted molar refractivity (Wildman–Crippen MR) is 86.8 cm³/mol. The maximum absolute atomic E-state index is 13.8. The average Bonchev–Trinajstić information content (AvgIpc) is 2.89. The monoisotopic (exact) mass is 310 g/mol. The average molecular weight is 310 g/mol. The highest BCUT2D eigenvalue weighted by atomic mass is 19.1. The number of amidine groups is 1. The summed E-state index contributed by atoms with van der Waals surface area (Å²) in [6.07, 6.45) is 1.63. The molecule has 1 amide bonds. The van der Waals surface area contributed by atoms with Gasteiger partial charge in [-0.2, -0.15) is 0 Å². The second-order valence-corrected chi connectivity index (χ2v) is 5.17. The summed E-state index contributed by atoms with van der Waals surface area (Å²) in [6.45, 7) is 1.95. The number of hydrogen-bond acceptors (Lipinski definition) is 3. The zero-order valence-corrected chi connectivity index (χ0v) is 12.8. The van der Waals surface area contributed by atoms with E-state index in [0.717, 1.165) is 11.1 Å². The summed E-state index contributed by atoms with van der Waals surface area (Å²) in [5.41, 5.74) is 2.26. The molecule has 0 radical (unpaired) electrons. The van der Waals surface area contributed by atoms with E-state index >= 15 is 0 Å². The summed E-state index contributed by atoms with van der Waals surface area (Å²) in [6, 6.07) is 11.8. The van der Waals surface area contributed by atoms with Gasteiger partial charge in [0.05, 0.1) is 12.7 Å². The Kier molecular flexibility index (Phi) is 3.93. The van der Waals surface area contributed by atoms with Crippen LogP contribution in [0.15, 0.2) is 53.2 Å². The maximum Gasteiger partial charge on any atom is 0.275 e. The van der Waals surface area contributed by atoms with Gasteiger partial charge in [-0.3, -0.25) is 4.79 Å². The Morgan fingerprint density at radius 1 is 1.22 bits per heavy atom. The van der Waals surface area contributed by atoms with Gasteiger partial charge in [0.15, 0.2) is 0 Å². The van der Waals surface area contributed by atoms with Crippen LogP contribution in [0.3, 0.4) is 0 Å². The lowest BCUT2D eigenvalue weighted by atomic mass is 10.1. The lowest BCUT2D eigenvalue weighted by Crippen LogP contribution is -2.25. The first-order chi connectivity index (χ1) is 11.1. The Morgan fingerprint density at radius 2 is 2.00 bits per heavy atom. The van der Waals surface area contributed by atoms with Crippen molar-refractivity contribution in [1.82, 2.24) is 5.32 Å². The van der Waals surface area contributed by atoms with Crippen molar-refractivity contribution in [3.8, 4) is 5.75 Å². The van der Waals surface area contributed by atoms with Crippen LogP contribution in [0, 0.1) is 12.7 Å². The molecule has 0 saturated heterocycles. The van der Waals surface area contributed by atoms with Crippen molar-refractivity contribution in [2.45, 2.75) is 6.92 Å². The number of hydrogen-bond donors (Lipinski definition) is 1. The molecule has 1 N–H and O–H groups in total. The fourth-order valence-corrected chi connectivity index (χ4v) is 2.36. The summed E-state index contributed by atoms with van der Waals surface area (Å²) in [4.78, 5) is 16.3. The Hall–Kier alpha value is -2.95. The number of nitrogens with zero attached hydrogens (tertiary/aromatic N) is 1. The van der Waals surface area contributed by atoms with Gasteiger partial charge < -0.3 is 10.1 Å². The molecule has 0 saturated carbocycles. The van der Waals surface area contributed by atoms with E-state index in [-0.39, 0.29) is 23.0 Å². The van der Waals surface area contributed by atoms with Crippen molar-refractivity contribution in [2.24, 2.45) is 4.99 Å². The molecule has 1 aliphatic rings. The van der Waals surface area contributed by atoms with Crippen molar-refractivity contribution in [1.29, 1.82) is 0 Å². The molecule has 0 fully saturated rings. The molecule has 0 spiro atoms. The molecule has 0 bridgehead atoms. The predicted octanol–water partition coefficient (Wildman–Crippen LogP) is 3.06. The first kappa shape index (κ1) is 15.0. The van der Waals surface area contributed by atoms with E-state index in [1.807, 2.05) is 25.1 Å². The molecule has 23 heavy (non-hydrogen) atoms. The highest BCUT2D eigenvalue weighted by Gasteiger charge is 2.23. The summed E-state index contributed by atoms with van der Waals surface area (Å²) in [5.74, 6) is 0.0594. The number of amides is 1. The van der Waals surface area contributed by atoms with Crippen molar-refractivity contribution in [3.63, 3.8) is 0 Å². The number of benzene rings is 2. The number of rotatable bonds is 3. The first-order valence-electron chi connectivity index (χ1n) is 7.10. The van der Waals surface area contributed by atoms with Crippen molar-refractivity contribution < 1.29 is 13.9 Å². The molecule has 3 rings (SSSR count). The number of halogens is 1. The van der Waals surface area contributed by atoms with E-state index in [0.29, 0.717) is 5.75 Å².